The number of hydrogen-bond donors (Lipinski definition) is 1. The van der Waals surface area contributed by atoms with Gasteiger partial charge in [0, 0.05) is 11.8 Å². The summed E-state index contributed by atoms with van der Waals surface area (Å²) in [5.41, 5.74) is 5.82. The van der Waals surface area contributed by atoms with Crippen molar-refractivity contribution in [2.45, 2.75) is 6.10 Å². The van der Waals surface area contributed by atoms with Gasteiger partial charge in [-0.3, -0.25) is 4.79 Å². The lowest BCUT2D eigenvalue weighted by atomic mass is 10.1. The summed E-state index contributed by atoms with van der Waals surface area (Å²) >= 11 is 11.4. The first-order chi connectivity index (χ1) is 9.99. The van der Waals surface area contributed by atoms with Crippen molar-refractivity contribution in [3.8, 4) is 0 Å². The summed E-state index contributed by atoms with van der Waals surface area (Å²) in [5, 5.41) is 0.184. The van der Waals surface area contributed by atoms with Crippen molar-refractivity contribution in [3.05, 3.63) is 63.9 Å². The van der Waals surface area contributed by atoms with Crippen LogP contribution >= 0.6 is 23.2 Å². The highest BCUT2D eigenvalue weighted by molar-refractivity contribution is 6.41. The minimum Gasteiger partial charge on any atom is -0.444 e. The van der Waals surface area contributed by atoms with E-state index in [-0.39, 0.29) is 15.7 Å². The maximum atomic E-state index is 12.0. The quantitative estimate of drug-likeness (QED) is 0.692. The molecule has 0 aliphatic carbocycles. The molecule has 7 heteroatoms. The van der Waals surface area contributed by atoms with Crippen molar-refractivity contribution in [1.82, 2.24) is 4.98 Å². The predicted molar refractivity (Wildman–Crippen MR) is 78.0 cm³/mol. The van der Waals surface area contributed by atoms with E-state index < -0.39 is 18.0 Å². The molecule has 1 unspecified atom stereocenters. The van der Waals surface area contributed by atoms with Gasteiger partial charge >= 0.3 is 5.97 Å². The molecule has 1 aromatic heterocycles. The standard InChI is InChI=1S/C14H10Cl2N2O3/c15-10-6-9(7-18-12(10)16)14(20)21-11(13(17)19)8-4-2-1-3-5-8/h1-7,11H,(H2,17,19). The highest BCUT2D eigenvalue weighted by atomic mass is 35.5. The van der Waals surface area contributed by atoms with E-state index >= 15 is 0 Å². The summed E-state index contributed by atoms with van der Waals surface area (Å²) < 4.78 is 5.12. The minimum absolute atomic E-state index is 0.0720. The first-order valence-electron chi connectivity index (χ1n) is 5.85. The Morgan fingerprint density at radius 3 is 2.43 bits per heavy atom. The molecule has 0 saturated heterocycles. The monoisotopic (exact) mass is 324 g/mol. The summed E-state index contributed by atoms with van der Waals surface area (Å²) in [4.78, 5) is 27.2. The molecule has 1 amide bonds. The molecule has 1 aromatic carbocycles. The molecular formula is C14H10Cl2N2O3. The van der Waals surface area contributed by atoms with Crippen molar-refractivity contribution in [1.29, 1.82) is 0 Å². The van der Waals surface area contributed by atoms with Gasteiger partial charge in [0.2, 0.25) is 6.10 Å². The molecule has 0 aliphatic heterocycles. The van der Waals surface area contributed by atoms with Crippen LogP contribution < -0.4 is 5.73 Å². The maximum Gasteiger partial charge on any atom is 0.340 e. The van der Waals surface area contributed by atoms with Crippen LogP contribution in [0.5, 0.6) is 0 Å². The zero-order chi connectivity index (χ0) is 15.4. The van der Waals surface area contributed by atoms with E-state index in [2.05, 4.69) is 4.98 Å². The van der Waals surface area contributed by atoms with Crippen LogP contribution in [0.15, 0.2) is 42.6 Å². The number of ether oxygens (including phenoxy) is 1. The molecule has 1 heterocycles. The van der Waals surface area contributed by atoms with Crippen LogP contribution in [0.25, 0.3) is 0 Å². The lowest BCUT2D eigenvalue weighted by molar-refractivity contribution is -0.127. The fraction of sp³-hybridized carbons (Fsp3) is 0.0714. The van der Waals surface area contributed by atoms with E-state index in [4.69, 9.17) is 33.7 Å². The Hall–Kier alpha value is -2.11. The molecule has 0 fully saturated rings. The Balaban J connectivity index is 2.23. The number of benzene rings is 1. The molecule has 0 saturated carbocycles. The van der Waals surface area contributed by atoms with Gasteiger partial charge in [0.15, 0.2) is 0 Å². The SMILES string of the molecule is NC(=O)C(OC(=O)c1cnc(Cl)c(Cl)c1)c1ccccc1. The molecule has 0 bridgehead atoms. The largest absolute Gasteiger partial charge is 0.444 e. The summed E-state index contributed by atoms with van der Waals surface area (Å²) in [6, 6.07) is 9.76. The molecule has 21 heavy (non-hydrogen) atoms. The Kier molecular flexibility index (Phi) is 4.77. The number of nitrogens with two attached hydrogens (primary N) is 1. The predicted octanol–water partition coefficient (Wildman–Crippen LogP) is 2.77. The number of primary amides is 1. The average molecular weight is 325 g/mol. The van der Waals surface area contributed by atoms with Gasteiger partial charge in [-0.2, -0.15) is 0 Å². The number of nitrogens with zero attached hydrogens (tertiary/aromatic N) is 1. The van der Waals surface area contributed by atoms with Gasteiger partial charge < -0.3 is 10.5 Å². The van der Waals surface area contributed by atoms with Gasteiger partial charge in [0.05, 0.1) is 10.6 Å². The average Bonchev–Trinajstić information content (AvgIpc) is 2.48. The number of halogens is 2. The third kappa shape index (κ3) is 3.71. The van der Waals surface area contributed by atoms with Crippen molar-refractivity contribution in [2.24, 2.45) is 5.73 Å². The molecule has 2 rings (SSSR count). The Morgan fingerprint density at radius 1 is 1.19 bits per heavy atom. The number of pyridine rings is 1. The molecule has 2 N–H and O–H groups in total. The van der Waals surface area contributed by atoms with Crippen molar-refractivity contribution in [3.63, 3.8) is 0 Å². The van der Waals surface area contributed by atoms with Gasteiger partial charge in [0.1, 0.15) is 5.15 Å². The summed E-state index contributed by atoms with van der Waals surface area (Å²) in [6.07, 6.45) is 0.0210. The summed E-state index contributed by atoms with van der Waals surface area (Å²) in [7, 11) is 0. The van der Waals surface area contributed by atoms with Crippen LogP contribution in [-0.4, -0.2) is 16.9 Å². The number of aromatic nitrogens is 1. The number of esters is 1. The highest BCUT2D eigenvalue weighted by Gasteiger charge is 2.23. The van der Waals surface area contributed by atoms with E-state index in [1.165, 1.54) is 12.3 Å². The van der Waals surface area contributed by atoms with Gasteiger partial charge in [-0.1, -0.05) is 53.5 Å². The van der Waals surface area contributed by atoms with Crippen LogP contribution in [0.3, 0.4) is 0 Å². The second-order valence-corrected chi connectivity index (χ2v) is 4.86. The molecule has 0 aliphatic rings. The number of rotatable bonds is 4. The van der Waals surface area contributed by atoms with Crippen LogP contribution in [0, 0.1) is 0 Å². The first-order valence-corrected chi connectivity index (χ1v) is 6.61. The van der Waals surface area contributed by atoms with Crippen molar-refractivity contribution >= 4 is 35.1 Å². The van der Waals surface area contributed by atoms with Gasteiger partial charge in [-0.25, -0.2) is 9.78 Å². The third-order valence-electron chi connectivity index (χ3n) is 2.62. The van der Waals surface area contributed by atoms with Gasteiger partial charge in [0.25, 0.3) is 5.91 Å². The summed E-state index contributed by atoms with van der Waals surface area (Å²) in [6.45, 7) is 0. The number of amides is 1. The van der Waals surface area contributed by atoms with Crippen molar-refractivity contribution in [2.75, 3.05) is 0 Å². The Bertz CT molecular complexity index is 677. The second-order valence-electron chi connectivity index (χ2n) is 4.10. The second kappa shape index (κ2) is 6.56. The molecule has 108 valence electrons. The Morgan fingerprint density at radius 2 is 1.86 bits per heavy atom. The van der Waals surface area contributed by atoms with Crippen LogP contribution in [-0.2, 0) is 9.53 Å². The zero-order valence-corrected chi connectivity index (χ0v) is 12.1. The van der Waals surface area contributed by atoms with E-state index in [0.29, 0.717) is 5.56 Å². The molecule has 0 spiro atoms. The molecule has 0 radical (unpaired) electrons. The zero-order valence-electron chi connectivity index (χ0n) is 10.6. The topological polar surface area (TPSA) is 82.3 Å². The summed E-state index contributed by atoms with van der Waals surface area (Å²) in [5.74, 6) is -1.55. The normalized spacial score (nSPS) is 11.7. The first kappa shape index (κ1) is 15.3. The Labute approximate surface area is 130 Å². The van der Waals surface area contributed by atoms with E-state index in [9.17, 15) is 9.59 Å². The smallest absolute Gasteiger partial charge is 0.340 e. The number of carbonyl (C=O) groups excluding carboxylic acids is 2. The number of carbonyl (C=O) groups is 2. The highest BCUT2D eigenvalue weighted by Crippen LogP contribution is 2.22. The number of hydrogen-bond acceptors (Lipinski definition) is 4. The van der Waals surface area contributed by atoms with Crippen LogP contribution in [0.4, 0.5) is 0 Å². The molecule has 1 atom stereocenters. The fourth-order valence-corrected chi connectivity index (χ4v) is 1.90. The van der Waals surface area contributed by atoms with E-state index in [0.717, 1.165) is 0 Å². The molecule has 5 nitrogen and oxygen atoms in total. The molecule has 2 aromatic rings. The lowest BCUT2D eigenvalue weighted by Gasteiger charge is -2.15. The fourth-order valence-electron chi connectivity index (χ4n) is 1.63. The third-order valence-corrected chi connectivity index (χ3v) is 3.30. The molecular weight excluding hydrogens is 315 g/mol. The maximum absolute atomic E-state index is 12.0. The van der Waals surface area contributed by atoms with Crippen LogP contribution in [0.1, 0.15) is 22.0 Å². The van der Waals surface area contributed by atoms with Crippen LogP contribution in [0.2, 0.25) is 10.2 Å². The van der Waals surface area contributed by atoms with Gasteiger partial charge in [-0.05, 0) is 6.07 Å². The lowest BCUT2D eigenvalue weighted by Crippen LogP contribution is -2.26. The van der Waals surface area contributed by atoms with E-state index in [1.807, 2.05) is 0 Å². The van der Waals surface area contributed by atoms with Crippen molar-refractivity contribution < 1.29 is 14.3 Å². The van der Waals surface area contributed by atoms with Gasteiger partial charge in [-0.15, -0.1) is 0 Å². The van der Waals surface area contributed by atoms with E-state index in [1.54, 1.807) is 30.3 Å². The minimum atomic E-state index is -1.19.